The predicted octanol–water partition coefficient (Wildman–Crippen LogP) is 11.1. The highest BCUT2D eigenvalue weighted by Crippen LogP contribution is 2.41. The molecule has 0 amide bonds. The van der Waals surface area contributed by atoms with E-state index in [1.165, 1.54) is 0 Å². The largest absolute Gasteiger partial charge is 0.354 e. The summed E-state index contributed by atoms with van der Waals surface area (Å²) in [7, 11) is 0. The van der Waals surface area contributed by atoms with E-state index in [0.29, 0.717) is 11.4 Å². The number of nitrogens with zero attached hydrogens (tertiary/aromatic N) is 2. The van der Waals surface area contributed by atoms with Crippen molar-refractivity contribution in [2.24, 2.45) is 4.99 Å². The number of carbonyl (C=O) groups is 1. The van der Waals surface area contributed by atoms with Crippen LogP contribution in [0, 0.1) is 0 Å². The van der Waals surface area contributed by atoms with Crippen molar-refractivity contribution in [1.29, 1.82) is 0 Å². The van der Waals surface area contributed by atoms with Crippen LogP contribution in [0.5, 0.6) is 0 Å². The molecule has 4 aromatic carbocycles. The molecule has 0 atom stereocenters. The highest BCUT2D eigenvalue weighted by atomic mass is 16.1. The van der Waals surface area contributed by atoms with Gasteiger partial charge in [-0.15, -0.1) is 0 Å². The van der Waals surface area contributed by atoms with Crippen molar-refractivity contribution in [3.8, 4) is 44.5 Å². The number of nitrogens with one attached hydrogen (secondary N) is 2. The Balaban J connectivity index is 1.51. The number of H-pyrrole nitrogens is 2. The minimum absolute atomic E-state index is 0.380. The van der Waals surface area contributed by atoms with Gasteiger partial charge >= 0.3 is 0 Å². The zero-order chi connectivity index (χ0) is 33.4. The zero-order valence-electron chi connectivity index (χ0n) is 27.0. The van der Waals surface area contributed by atoms with E-state index >= 15 is 0 Å². The number of aliphatic imine (C=N–C) groups is 1. The Morgan fingerprint density at radius 1 is 0.440 bits per heavy atom. The number of aromatic nitrogens is 3. The molecule has 0 fully saturated rings. The third kappa shape index (κ3) is 5.09. The maximum absolute atomic E-state index is 12.9. The van der Waals surface area contributed by atoms with Gasteiger partial charge in [-0.2, -0.15) is 0 Å². The van der Waals surface area contributed by atoms with Crippen molar-refractivity contribution in [1.82, 2.24) is 15.0 Å². The molecule has 3 aromatic heterocycles. The summed E-state index contributed by atoms with van der Waals surface area (Å²) >= 11 is 0. The van der Waals surface area contributed by atoms with Gasteiger partial charge in [0, 0.05) is 49.9 Å². The minimum Gasteiger partial charge on any atom is -0.354 e. The van der Waals surface area contributed by atoms with Crippen LogP contribution in [0.3, 0.4) is 0 Å². The maximum Gasteiger partial charge on any atom is 0.169 e. The number of fused-ring (bicyclic) bond motifs is 8. The Morgan fingerprint density at radius 2 is 0.820 bits per heavy atom. The first-order valence-corrected chi connectivity index (χ1v) is 16.6. The van der Waals surface area contributed by atoms with Gasteiger partial charge in [-0.25, -0.2) is 9.98 Å². The smallest absolute Gasteiger partial charge is 0.169 e. The molecule has 5 heterocycles. The van der Waals surface area contributed by atoms with Crippen molar-refractivity contribution >= 4 is 51.9 Å². The number of aldehydes is 1. The summed E-state index contributed by atoms with van der Waals surface area (Å²) in [5, 5.41) is 0. The molecular formula is C45H30N4O. The van der Waals surface area contributed by atoms with Gasteiger partial charge in [0.2, 0.25) is 0 Å². The number of hydrogen-bond donors (Lipinski definition) is 2. The summed E-state index contributed by atoms with van der Waals surface area (Å²) < 4.78 is 0. The van der Waals surface area contributed by atoms with Crippen LogP contribution in [-0.4, -0.2) is 26.9 Å². The van der Waals surface area contributed by atoms with E-state index in [1.807, 2.05) is 60.7 Å². The normalized spacial score (nSPS) is 12.1. The fraction of sp³-hybridized carbons (Fsp3) is 0. The molecule has 0 radical (unpaired) electrons. The summed E-state index contributed by atoms with van der Waals surface area (Å²) in [6.45, 7) is 0. The molecule has 5 heteroatoms. The van der Waals surface area contributed by atoms with Crippen LogP contribution in [0.25, 0.3) is 78.7 Å². The Hall–Kier alpha value is -6.85. The molecule has 0 aliphatic carbocycles. The lowest BCUT2D eigenvalue weighted by Crippen LogP contribution is -2.00. The molecule has 7 aromatic rings. The van der Waals surface area contributed by atoms with Gasteiger partial charge in [0.15, 0.2) is 6.29 Å². The number of carbonyl (C=O) groups excluding carboxylic acids is 1. The van der Waals surface area contributed by atoms with Gasteiger partial charge in [-0.05, 0) is 64.7 Å². The Kier molecular flexibility index (Phi) is 7.21. The molecule has 0 unspecified atom stereocenters. The average molecular weight is 643 g/mol. The molecule has 2 aliphatic rings. The molecule has 0 saturated carbocycles. The summed E-state index contributed by atoms with van der Waals surface area (Å²) in [5.74, 6) is 0. The van der Waals surface area contributed by atoms with Gasteiger partial charge in [0.1, 0.15) is 5.71 Å². The monoisotopic (exact) mass is 642 g/mol. The van der Waals surface area contributed by atoms with E-state index < -0.39 is 0 Å². The SMILES string of the molecule is O=CC1=Nc2cc1c(-c1ccccc1)c1ccc([nH]1)c(-c1ccccc1)c1nc(c(-c3ccccc3)c3ccc([nH]3)c2-c2ccccc2)C=C1. The molecule has 5 nitrogen and oxygen atoms in total. The van der Waals surface area contributed by atoms with Crippen LogP contribution in [0.1, 0.15) is 17.0 Å². The standard InChI is InChI=1S/C45H30N4O/c50-28-41-33-27-40(49-41)45(32-19-11-4-12-20-32)39-26-25-38(48-39)44(31-17-9-3-10-18-31)37-24-23-36(47-37)43(30-15-7-2-8-16-30)35-22-21-34(46-35)42(33)29-13-5-1-6-14-29/h1-28,46,48H. The average Bonchev–Trinajstić information content (AvgIpc) is 4.00. The van der Waals surface area contributed by atoms with E-state index in [4.69, 9.17) is 9.98 Å². The minimum atomic E-state index is 0.380. The lowest BCUT2D eigenvalue weighted by Gasteiger charge is -2.07. The van der Waals surface area contributed by atoms with Crippen LogP contribution in [0.2, 0.25) is 0 Å². The molecule has 9 rings (SSSR count). The van der Waals surface area contributed by atoms with Crippen molar-refractivity contribution in [3.05, 3.63) is 169 Å². The van der Waals surface area contributed by atoms with Crippen molar-refractivity contribution in [3.63, 3.8) is 0 Å². The molecule has 0 spiro atoms. The lowest BCUT2D eigenvalue weighted by molar-refractivity contribution is -0.102. The first-order chi connectivity index (χ1) is 24.7. The maximum atomic E-state index is 12.9. The fourth-order valence-corrected chi connectivity index (χ4v) is 7.06. The molecule has 50 heavy (non-hydrogen) atoms. The Labute approximate surface area is 289 Å². The first kappa shape index (κ1) is 29.3. The van der Waals surface area contributed by atoms with E-state index in [1.54, 1.807) is 0 Å². The number of benzene rings is 4. The predicted molar refractivity (Wildman–Crippen MR) is 206 cm³/mol. The number of rotatable bonds is 5. The van der Waals surface area contributed by atoms with Gasteiger partial charge in [0.25, 0.3) is 0 Å². The van der Waals surface area contributed by atoms with E-state index in [-0.39, 0.29) is 0 Å². The number of hydrogen-bond acceptors (Lipinski definition) is 3. The van der Waals surface area contributed by atoms with E-state index in [2.05, 4.69) is 113 Å². The molecule has 0 saturated heterocycles. The molecule has 2 N–H and O–H groups in total. The van der Waals surface area contributed by atoms with Crippen LogP contribution in [-0.2, 0) is 4.79 Å². The van der Waals surface area contributed by atoms with Crippen molar-refractivity contribution < 1.29 is 4.79 Å². The Bertz CT molecular complexity index is 2630. The van der Waals surface area contributed by atoms with Gasteiger partial charge < -0.3 is 9.97 Å². The van der Waals surface area contributed by atoms with Gasteiger partial charge in [-0.1, -0.05) is 121 Å². The highest BCUT2D eigenvalue weighted by Gasteiger charge is 2.21. The molecular weight excluding hydrogens is 613 g/mol. The van der Waals surface area contributed by atoms with Crippen LogP contribution in [0.15, 0.2) is 157 Å². The summed E-state index contributed by atoms with van der Waals surface area (Å²) in [6, 6.07) is 51.5. The second-order valence-corrected chi connectivity index (χ2v) is 12.3. The molecule has 8 bridgehead atoms. The van der Waals surface area contributed by atoms with Crippen LogP contribution >= 0.6 is 0 Å². The summed E-state index contributed by atoms with van der Waals surface area (Å²) in [5.41, 5.74) is 15.0. The van der Waals surface area contributed by atoms with Crippen LogP contribution < -0.4 is 0 Å². The van der Waals surface area contributed by atoms with Gasteiger partial charge in [0.05, 0.1) is 17.1 Å². The van der Waals surface area contributed by atoms with Crippen molar-refractivity contribution in [2.75, 3.05) is 0 Å². The quantitative estimate of drug-likeness (QED) is 0.183. The van der Waals surface area contributed by atoms with E-state index in [0.717, 1.165) is 89.8 Å². The number of aromatic amines is 2. The summed E-state index contributed by atoms with van der Waals surface area (Å²) in [6.07, 6.45) is 5.07. The Morgan fingerprint density at radius 3 is 1.26 bits per heavy atom. The first-order valence-electron chi connectivity index (χ1n) is 16.6. The summed E-state index contributed by atoms with van der Waals surface area (Å²) in [4.78, 5) is 30.7. The second-order valence-electron chi connectivity index (χ2n) is 12.3. The van der Waals surface area contributed by atoms with Crippen molar-refractivity contribution in [2.45, 2.75) is 0 Å². The third-order valence-corrected chi connectivity index (χ3v) is 9.29. The second kappa shape index (κ2) is 12.3. The molecule has 2 aliphatic heterocycles. The topological polar surface area (TPSA) is 73.9 Å². The highest BCUT2D eigenvalue weighted by molar-refractivity contribution is 6.40. The lowest BCUT2D eigenvalue weighted by atomic mass is 9.98. The molecule has 236 valence electrons. The fourth-order valence-electron chi connectivity index (χ4n) is 7.06. The van der Waals surface area contributed by atoms with Crippen LogP contribution in [0.4, 0.5) is 5.69 Å². The van der Waals surface area contributed by atoms with E-state index in [9.17, 15) is 4.79 Å². The third-order valence-electron chi connectivity index (χ3n) is 9.29. The zero-order valence-corrected chi connectivity index (χ0v) is 27.0. The van der Waals surface area contributed by atoms with Gasteiger partial charge in [-0.3, -0.25) is 4.79 Å².